The molecule has 0 saturated carbocycles. The van der Waals surface area contributed by atoms with E-state index >= 15 is 0 Å². The zero-order valence-electron chi connectivity index (χ0n) is 14.7. The Kier molecular flexibility index (Phi) is 5.99. The molecule has 1 aromatic carbocycles. The number of alkyl halides is 3. The fraction of sp³-hybridized carbons (Fsp3) is 0.647. The first kappa shape index (κ1) is 20.4. The minimum atomic E-state index is -4.80. The number of rotatable bonds is 4. The number of hydrogen-bond acceptors (Lipinski definition) is 5. The highest BCUT2D eigenvalue weighted by molar-refractivity contribution is 7.89. The van der Waals surface area contributed by atoms with Gasteiger partial charge in [-0.15, -0.1) is 0 Å². The molecule has 0 spiro atoms. The minimum Gasteiger partial charge on any atom is -0.381 e. The molecule has 2 saturated heterocycles. The Hall–Kier alpha value is -1.36. The molecular formula is C17H23F3N2O4S. The number of halogens is 3. The van der Waals surface area contributed by atoms with Crippen molar-refractivity contribution in [3.8, 4) is 0 Å². The lowest BCUT2D eigenvalue weighted by Crippen LogP contribution is -2.39. The molecular weight excluding hydrogens is 385 g/mol. The van der Waals surface area contributed by atoms with Gasteiger partial charge in [0.2, 0.25) is 10.0 Å². The van der Waals surface area contributed by atoms with Crippen LogP contribution in [0.1, 0.15) is 31.2 Å². The van der Waals surface area contributed by atoms with E-state index in [1.165, 1.54) is 6.07 Å². The third kappa shape index (κ3) is 5.13. The summed E-state index contributed by atoms with van der Waals surface area (Å²) in [6.07, 6.45) is -1.40. The number of benzene rings is 1. The maximum atomic E-state index is 13.3. The highest BCUT2D eigenvalue weighted by Crippen LogP contribution is 2.37. The number of sulfonamides is 1. The van der Waals surface area contributed by atoms with Crippen molar-refractivity contribution in [1.29, 1.82) is 0 Å². The number of anilines is 1. The number of nitrogens with two attached hydrogens (primary N) is 1. The Bertz CT molecular complexity index is 756. The summed E-state index contributed by atoms with van der Waals surface area (Å²) in [5.74, 6) is 0. The first-order valence-corrected chi connectivity index (χ1v) is 10.4. The third-order valence-electron chi connectivity index (χ3n) is 4.94. The standard InChI is InChI=1S/C17H23F3N2O4S/c18-17(19,20)15-11-12(1-2-16(15)27(21,23)24)22-7-3-13(4-8-22)26-14-5-9-25-10-6-14/h1-2,11,13-14H,3-10H2,(H2,21,23,24). The summed E-state index contributed by atoms with van der Waals surface area (Å²) in [7, 11) is -4.46. The molecule has 152 valence electrons. The van der Waals surface area contributed by atoms with Crippen LogP contribution in [0.25, 0.3) is 0 Å². The quantitative estimate of drug-likeness (QED) is 0.828. The summed E-state index contributed by atoms with van der Waals surface area (Å²) >= 11 is 0. The zero-order chi connectivity index (χ0) is 19.7. The molecule has 1 aromatic rings. The van der Waals surface area contributed by atoms with Crippen molar-refractivity contribution in [3.05, 3.63) is 23.8 Å². The van der Waals surface area contributed by atoms with Crippen LogP contribution in [0.2, 0.25) is 0 Å². The Balaban J connectivity index is 1.69. The molecule has 6 nitrogen and oxygen atoms in total. The van der Waals surface area contributed by atoms with Gasteiger partial charge in [-0.3, -0.25) is 0 Å². The van der Waals surface area contributed by atoms with E-state index in [1.807, 2.05) is 4.90 Å². The van der Waals surface area contributed by atoms with Crippen LogP contribution in [0.5, 0.6) is 0 Å². The van der Waals surface area contributed by atoms with Crippen molar-refractivity contribution in [3.63, 3.8) is 0 Å². The van der Waals surface area contributed by atoms with Crippen LogP contribution >= 0.6 is 0 Å². The van der Waals surface area contributed by atoms with Gasteiger partial charge in [0.25, 0.3) is 0 Å². The summed E-state index contributed by atoms with van der Waals surface area (Å²) < 4.78 is 74.1. The van der Waals surface area contributed by atoms with E-state index in [0.29, 0.717) is 44.8 Å². The van der Waals surface area contributed by atoms with Crippen molar-refractivity contribution in [2.75, 3.05) is 31.2 Å². The van der Waals surface area contributed by atoms with Gasteiger partial charge in [0.05, 0.1) is 22.7 Å². The van der Waals surface area contributed by atoms with E-state index in [4.69, 9.17) is 14.6 Å². The maximum absolute atomic E-state index is 13.3. The zero-order valence-corrected chi connectivity index (χ0v) is 15.6. The number of nitrogens with zero attached hydrogens (tertiary/aromatic N) is 1. The molecule has 10 heteroatoms. The van der Waals surface area contributed by atoms with Gasteiger partial charge in [0.15, 0.2) is 0 Å². The SMILES string of the molecule is NS(=O)(=O)c1ccc(N2CCC(OC3CCOCC3)CC2)cc1C(F)(F)F. The number of ether oxygens (including phenoxy) is 2. The second kappa shape index (κ2) is 7.94. The smallest absolute Gasteiger partial charge is 0.381 e. The molecule has 0 unspecified atom stereocenters. The predicted octanol–water partition coefficient (Wildman–Crippen LogP) is 2.52. The summed E-state index contributed by atoms with van der Waals surface area (Å²) in [6.45, 7) is 2.47. The predicted molar refractivity (Wildman–Crippen MR) is 93.0 cm³/mol. The molecule has 2 N–H and O–H groups in total. The number of hydrogen-bond donors (Lipinski definition) is 1. The van der Waals surface area contributed by atoms with E-state index in [2.05, 4.69) is 0 Å². The molecule has 0 radical (unpaired) electrons. The van der Waals surface area contributed by atoms with Crippen LogP contribution in [0, 0.1) is 0 Å². The molecule has 0 atom stereocenters. The molecule has 2 aliphatic rings. The van der Waals surface area contributed by atoms with Crippen LogP contribution in [0.3, 0.4) is 0 Å². The van der Waals surface area contributed by atoms with Gasteiger partial charge in [-0.05, 0) is 43.9 Å². The Morgan fingerprint density at radius 1 is 1.07 bits per heavy atom. The average Bonchev–Trinajstić information content (AvgIpc) is 2.61. The monoisotopic (exact) mass is 408 g/mol. The largest absolute Gasteiger partial charge is 0.417 e. The highest BCUT2D eigenvalue weighted by Gasteiger charge is 2.37. The first-order chi connectivity index (χ1) is 12.6. The topological polar surface area (TPSA) is 81.9 Å². The second-order valence-electron chi connectivity index (χ2n) is 6.86. The van der Waals surface area contributed by atoms with Gasteiger partial charge < -0.3 is 14.4 Å². The van der Waals surface area contributed by atoms with Gasteiger partial charge in [-0.2, -0.15) is 13.2 Å². The van der Waals surface area contributed by atoms with Crippen molar-refractivity contribution in [1.82, 2.24) is 0 Å². The van der Waals surface area contributed by atoms with Crippen LogP contribution in [0.15, 0.2) is 23.1 Å². The molecule has 27 heavy (non-hydrogen) atoms. The molecule has 0 bridgehead atoms. The van der Waals surface area contributed by atoms with Gasteiger partial charge in [-0.25, -0.2) is 13.6 Å². The third-order valence-corrected chi connectivity index (χ3v) is 5.90. The molecule has 0 aliphatic carbocycles. The van der Waals surface area contributed by atoms with E-state index in [-0.39, 0.29) is 12.2 Å². The lowest BCUT2D eigenvalue weighted by Gasteiger charge is -2.36. The molecule has 2 aliphatic heterocycles. The van der Waals surface area contributed by atoms with Crippen LogP contribution < -0.4 is 10.0 Å². The van der Waals surface area contributed by atoms with E-state index in [9.17, 15) is 21.6 Å². The van der Waals surface area contributed by atoms with Gasteiger partial charge in [0.1, 0.15) is 0 Å². The molecule has 0 amide bonds. The second-order valence-corrected chi connectivity index (χ2v) is 8.39. The fourth-order valence-electron chi connectivity index (χ4n) is 3.52. The summed E-state index contributed by atoms with van der Waals surface area (Å²) in [5.41, 5.74) is -0.901. The van der Waals surface area contributed by atoms with Crippen LogP contribution in [-0.4, -0.2) is 46.9 Å². The maximum Gasteiger partial charge on any atom is 0.417 e. The first-order valence-electron chi connectivity index (χ1n) is 8.87. The Morgan fingerprint density at radius 2 is 1.67 bits per heavy atom. The minimum absolute atomic E-state index is 0.0788. The van der Waals surface area contributed by atoms with E-state index < -0.39 is 26.7 Å². The molecule has 0 aromatic heterocycles. The molecule has 2 heterocycles. The lowest BCUT2D eigenvalue weighted by atomic mass is 10.0. The lowest BCUT2D eigenvalue weighted by molar-refractivity contribution is -0.139. The van der Waals surface area contributed by atoms with E-state index in [1.54, 1.807) is 0 Å². The Morgan fingerprint density at radius 3 is 2.22 bits per heavy atom. The fourth-order valence-corrected chi connectivity index (χ4v) is 4.26. The van der Waals surface area contributed by atoms with Crippen molar-refractivity contribution in [2.45, 2.75) is 49.0 Å². The molecule has 3 rings (SSSR count). The Labute approximate surface area is 156 Å². The normalized spacial score (nSPS) is 20.8. The summed E-state index contributed by atoms with van der Waals surface area (Å²) in [5, 5.41) is 4.92. The average molecular weight is 408 g/mol. The van der Waals surface area contributed by atoms with Crippen molar-refractivity contribution in [2.24, 2.45) is 5.14 Å². The van der Waals surface area contributed by atoms with Gasteiger partial charge >= 0.3 is 6.18 Å². The summed E-state index contributed by atoms with van der Waals surface area (Å²) in [6, 6.07) is 3.16. The van der Waals surface area contributed by atoms with Crippen LogP contribution in [-0.2, 0) is 25.7 Å². The molecule has 2 fully saturated rings. The van der Waals surface area contributed by atoms with Gasteiger partial charge in [-0.1, -0.05) is 0 Å². The van der Waals surface area contributed by atoms with Gasteiger partial charge in [0, 0.05) is 32.0 Å². The summed E-state index contributed by atoms with van der Waals surface area (Å²) in [4.78, 5) is 0.905. The van der Waals surface area contributed by atoms with Crippen molar-refractivity contribution >= 4 is 15.7 Å². The number of piperidine rings is 1. The van der Waals surface area contributed by atoms with Crippen molar-refractivity contribution < 1.29 is 31.1 Å². The highest BCUT2D eigenvalue weighted by atomic mass is 32.2. The van der Waals surface area contributed by atoms with E-state index in [0.717, 1.165) is 25.0 Å². The van der Waals surface area contributed by atoms with Crippen LogP contribution in [0.4, 0.5) is 18.9 Å². The number of primary sulfonamides is 1.